The van der Waals surface area contributed by atoms with Gasteiger partial charge in [0.1, 0.15) is 22.1 Å². The molecule has 0 aliphatic carbocycles. The molecule has 0 saturated carbocycles. The molecule has 0 bridgehead atoms. The lowest BCUT2D eigenvalue weighted by Gasteiger charge is -2.09. The van der Waals surface area contributed by atoms with Crippen molar-refractivity contribution in [3.05, 3.63) is 76.9 Å². The molecule has 8 nitrogen and oxygen atoms in total. The van der Waals surface area contributed by atoms with Crippen LogP contribution < -0.4 is 10.1 Å². The molecule has 186 valence electrons. The maximum absolute atomic E-state index is 12.8. The molecule has 0 spiro atoms. The lowest BCUT2D eigenvalue weighted by atomic mass is 10.0. The van der Waals surface area contributed by atoms with Crippen molar-refractivity contribution in [2.45, 2.75) is 25.0 Å². The van der Waals surface area contributed by atoms with Crippen LogP contribution in [0.1, 0.15) is 28.7 Å². The highest BCUT2D eigenvalue weighted by Crippen LogP contribution is 2.37. The van der Waals surface area contributed by atoms with Gasteiger partial charge in [-0.2, -0.15) is 0 Å². The number of rotatable bonds is 10. The molecule has 0 fully saturated rings. The summed E-state index contributed by atoms with van der Waals surface area (Å²) < 4.78 is 12.2. The molecular formula is C26H26N4O4S2. The van der Waals surface area contributed by atoms with Gasteiger partial charge >= 0.3 is 5.97 Å². The lowest BCUT2D eigenvalue weighted by Crippen LogP contribution is -2.16. The predicted octanol–water partition coefficient (Wildman–Crippen LogP) is 5.14. The molecule has 0 radical (unpaired) electrons. The summed E-state index contributed by atoms with van der Waals surface area (Å²) in [4.78, 5) is 25.4. The summed E-state index contributed by atoms with van der Waals surface area (Å²) in [6.45, 7) is 2.72. The number of thioether (sulfide) groups is 1. The Morgan fingerprint density at radius 2 is 1.81 bits per heavy atom. The first-order valence-electron chi connectivity index (χ1n) is 11.3. The minimum Gasteiger partial charge on any atom is -0.497 e. The second kappa shape index (κ2) is 11.9. The highest BCUT2D eigenvalue weighted by atomic mass is 32.2. The Bertz CT molecular complexity index is 1330. The van der Waals surface area contributed by atoms with Crippen LogP contribution in [0.2, 0.25) is 0 Å². The van der Waals surface area contributed by atoms with Gasteiger partial charge in [0, 0.05) is 23.9 Å². The molecule has 2 aromatic heterocycles. The second-order valence-electron chi connectivity index (χ2n) is 7.72. The SMILES string of the molecule is CCn1c(Cc2ccccc2)nnc1SCC(=O)Nc1scc(-c2ccc(OC)cc2)c1C(=O)OC. The Kier molecular flexibility index (Phi) is 8.40. The molecule has 0 aliphatic rings. The second-order valence-corrected chi connectivity index (χ2v) is 9.54. The van der Waals surface area contributed by atoms with Crippen LogP contribution in [0, 0.1) is 0 Å². The van der Waals surface area contributed by atoms with E-state index in [4.69, 9.17) is 9.47 Å². The van der Waals surface area contributed by atoms with E-state index in [1.165, 1.54) is 30.2 Å². The Balaban J connectivity index is 1.46. The molecule has 0 aliphatic heterocycles. The summed E-state index contributed by atoms with van der Waals surface area (Å²) in [5.74, 6) is 0.928. The third-order valence-corrected chi connectivity index (χ3v) is 7.34. The first kappa shape index (κ1) is 25.5. The lowest BCUT2D eigenvalue weighted by molar-refractivity contribution is -0.113. The number of carbonyl (C=O) groups is 2. The van der Waals surface area contributed by atoms with Gasteiger partial charge in [-0.15, -0.1) is 21.5 Å². The normalized spacial score (nSPS) is 10.8. The van der Waals surface area contributed by atoms with Crippen molar-refractivity contribution in [1.29, 1.82) is 0 Å². The fourth-order valence-electron chi connectivity index (χ4n) is 3.68. The molecule has 36 heavy (non-hydrogen) atoms. The third kappa shape index (κ3) is 5.77. The topological polar surface area (TPSA) is 95.3 Å². The number of esters is 1. The molecule has 1 amide bonds. The number of carbonyl (C=O) groups excluding carboxylic acids is 2. The van der Waals surface area contributed by atoms with Crippen molar-refractivity contribution >= 4 is 40.0 Å². The summed E-state index contributed by atoms with van der Waals surface area (Å²) in [5, 5.41) is 14.5. The molecule has 1 N–H and O–H groups in total. The molecule has 4 aromatic rings. The monoisotopic (exact) mass is 522 g/mol. The van der Waals surface area contributed by atoms with Crippen LogP contribution in [-0.4, -0.2) is 46.6 Å². The van der Waals surface area contributed by atoms with E-state index in [1.807, 2.05) is 59.3 Å². The van der Waals surface area contributed by atoms with Gasteiger partial charge in [0.05, 0.1) is 20.0 Å². The summed E-state index contributed by atoms with van der Waals surface area (Å²) in [6, 6.07) is 17.4. The molecule has 0 atom stereocenters. The number of hydrogen-bond donors (Lipinski definition) is 1. The van der Waals surface area contributed by atoms with Crippen molar-refractivity contribution in [1.82, 2.24) is 14.8 Å². The fraction of sp³-hybridized carbons (Fsp3) is 0.231. The zero-order valence-corrected chi connectivity index (χ0v) is 21.8. The van der Waals surface area contributed by atoms with Crippen LogP contribution in [-0.2, 0) is 22.5 Å². The molecule has 10 heteroatoms. The van der Waals surface area contributed by atoms with Gasteiger partial charge < -0.3 is 19.4 Å². The minimum absolute atomic E-state index is 0.125. The van der Waals surface area contributed by atoms with Crippen LogP contribution in [0.5, 0.6) is 5.75 Å². The fourth-order valence-corrected chi connectivity index (χ4v) is 5.48. The van der Waals surface area contributed by atoms with Crippen molar-refractivity contribution in [2.75, 3.05) is 25.3 Å². The largest absolute Gasteiger partial charge is 0.497 e. The highest BCUT2D eigenvalue weighted by Gasteiger charge is 2.23. The molecule has 2 aromatic carbocycles. The van der Waals surface area contributed by atoms with Gasteiger partial charge in [0.25, 0.3) is 0 Å². The number of anilines is 1. The standard InChI is InChI=1S/C26H26N4O4S2/c1-4-30-21(14-17-8-6-5-7-9-17)28-29-26(30)36-16-22(31)27-24-23(25(32)34-3)20(15-35-24)18-10-12-19(33-2)13-11-18/h5-13,15H,4,14,16H2,1-3H3,(H,27,31). The maximum atomic E-state index is 12.8. The summed E-state index contributed by atoms with van der Waals surface area (Å²) in [5.41, 5.74) is 2.99. The van der Waals surface area contributed by atoms with Crippen LogP contribution in [0.3, 0.4) is 0 Å². The number of aromatic nitrogens is 3. The molecule has 0 saturated heterocycles. The van der Waals surface area contributed by atoms with E-state index in [0.717, 1.165) is 17.0 Å². The van der Waals surface area contributed by atoms with Crippen LogP contribution in [0.15, 0.2) is 65.1 Å². The van der Waals surface area contributed by atoms with E-state index < -0.39 is 5.97 Å². The quantitative estimate of drug-likeness (QED) is 0.227. The number of ether oxygens (including phenoxy) is 2. The van der Waals surface area contributed by atoms with Crippen molar-refractivity contribution < 1.29 is 19.1 Å². The Morgan fingerprint density at radius 3 is 2.47 bits per heavy atom. The summed E-state index contributed by atoms with van der Waals surface area (Å²) in [6.07, 6.45) is 0.667. The van der Waals surface area contributed by atoms with Crippen molar-refractivity contribution in [2.24, 2.45) is 0 Å². The Hall–Kier alpha value is -3.63. The number of methoxy groups -OCH3 is 2. The van der Waals surface area contributed by atoms with E-state index in [-0.39, 0.29) is 11.7 Å². The Morgan fingerprint density at radius 1 is 1.06 bits per heavy atom. The van der Waals surface area contributed by atoms with Gasteiger partial charge in [-0.1, -0.05) is 54.2 Å². The number of nitrogens with one attached hydrogen (secondary N) is 1. The predicted molar refractivity (Wildman–Crippen MR) is 142 cm³/mol. The molecule has 4 rings (SSSR count). The molecule has 2 heterocycles. The number of nitrogens with zero attached hydrogens (tertiary/aromatic N) is 3. The van der Waals surface area contributed by atoms with Gasteiger partial charge in [0.2, 0.25) is 5.91 Å². The summed E-state index contributed by atoms with van der Waals surface area (Å²) >= 11 is 2.59. The zero-order chi connectivity index (χ0) is 25.5. The first-order valence-corrected chi connectivity index (χ1v) is 13.1. The Labute approximate surface area is 217 Å². The van der Waals surface area contributed by atoms with Gasteiger partial charge in [-0.25, -0.2) is 4.79 Å². The van der Waals surface area contributed by atoms with E-state index in [1.54, 1.807) is 7.11 Å². The zero-order valence-electron chi connectivity index (χ0n) is 20.2. The molecule has 0 unspecified atom stereocenters. The van der Waals surface area contributed by atoms with Crippen molar-refractivity contribution in [3.63, 3.8) is 0 Å². The average molecular weight is 523 g/mol. The van der Waals surface area contributed by atoms with E-state index in [9.17, 15) is 9.59 Å². The maximum Gasteiger partial charge on any atom is 0.341 e. The molecular weight excluding hydrogens is 496 g/mol. The van der Waals surface area contributed by atoms with Gasteiger partial charge in [-0.05, 0) is 30.2 Å². The number of benzene rings is 2. The van der Waals surface area contributed by atoms with E-state index >= 15 is 0 Å². The number of amides is 1. The third-order valence-electron chi connectivity index (χ3n) is 5.48. The highest BCUT2D eigenvalue weighted by molar-refractivity contribution is 7.99. The first-order chi connectivity index (χ1) is 17.5. The van der Waals surface area contributed by atoms with Crippen molar-refractivity contribution in [3.8, 4) is 16.9 Å². The van der Waals surface area contributed by atoms with Gasteiger partial charge in [-0.3, -0.25) is 4.79 Å². The van der Waals surface area contributed by atoms with Crippen LogP contribution >= 0.6 is 23.1 Å². The van der Waals surface area contributed by atoms with Crippen LogP contribution in [0.4, 0.5) is 5.00 Å². The van der Waals surface area contributed by atoms with E-state index in [2.05, 4.69) is 27.6 Å². The minimum atomic E-state index is -0.513. The number of thiophene rings is 1. The van der Waals surface area contributed by atoms with E-state index in [0.29, 0.717) is 40.0 Å². The van der Waals surface area contributed by atoms with Gasteiger partial charge in [0.15, 0.2) is 5.16 Å². The smallest absolute Gasteiger partial charge is 0.341 e. The number of hydrogen-bond acceptors (Lipinski definition) is 8. The average Bonchev–Trinajstić information content (AvgIpc) is 3.51. The van der Waals surface area contributed by atoms with Crippen LogP contribution in [0.25, 0.3) is 11.1 Å². The summed E-state index contributed by atoms with van der Waals surface area (Å²) in [7, 11) is 2.92.